The molecule has 0 heterocycles. The molecule has 5 heteroatoms. The number of rotatable bonds is 2. The van der Waals surface area contributed by atoms with Crippen molar-refractivity contribution in [2.75, 3.05) is 0 Å². The molecule has 0 aromatic heterocycles. The number of nitrogens with zero attached hydrogens (tertiary/aromatic N) is 2. The van der Waals surface area contributed by atoms with Gasteiger partial charge in [0.2, 0.25) is 0 Å². The first-order valence-corrected chi connectivity index (χ1v) is 2.43. The fourth-order valence-electron chi connectivity index (χ4n) is 0.0861. The van der Waals surface area contributed by atoms with E-state index in [1.807, 2.05) is 0 Å². The maximum atomic E-state index is 7.73. The molecule has 4 nitrogen and oxygen atoms in total. The third-order valence-electron chi connectivity index (χ3n) is 0.365. The van der Waals surface area contributed by atoms with Crippen LogP contribution in [-0.2, 0) is 19.5 Å². The van der Waals surface area contributed by atoms with Crippen LogP contribution in [0.25, 0.3) is 22.3 Å². The van der Waals surface area contributed by atoms with Gasteiger partial charge in [0.15, 0.2) is 0 Å². The van der Waals surface area contributed by atoms with Crippen molar-refractivity contribution in [1.29, 1.82) is 0 Å². The average Bonchev–Trinajstić information content (AvgIpc) is 1.93. The van der Waals surface area contributed by atoms with E-state index >= 15 is 0 Å². The van der Waals surface area contributed by atoms with Crippen molar-refractivity contribution < 1.29 is 19.5 Å². The van der Waals surface area contributed by atoms with Crippen molar-refractivity contribution in [2.45, 2.75) is 0 Å². The first-order chi connectivity index (χ1) is 4.83. The van der Waals surface area contributed by atoms with E-state index in [2.05, 4.69) is 0 Å². The maximum Gasteiger partial charge on any atom is 0 e. The van der Waals surface area contributed by atoms with Crippen LogP contribution >= 0.6 is 0 Å². The second-order valence-electron chi connectivity index (χ2n) is 1.02. The molecule has 2 N–H and O–H groups in total. The topological polar surface area (TPSA) is 92.2 Å². The van der Waals surface area contributed by atoms with Crippen LogP contribution in [0.5, 0.6) is 0 Å². The van der Waals surface area contributed by atoms with Crippen molar-refractivity contribution in [1.82, 2.24) is 0 Å². The van der Waals surface area contributed by atoms with Crippen molar-refractivity contribution in [3.63, 3.8) is 0 Å². The Bertz CT molecular complexity index is 115. The van der Waals surface area contributed by atoms with Crippen LogP contribution in [0.1, 0.15) is 0 Å². The molecular weight excluding hydrogens is 193 g/mol. The Labute approximate surface area is 79.1 Å². The monoisotopic (exact) mass is 200 g/mol. The van der Waals surface area contributed by atoms with E-state index in [0.29, 0.717) is 0 Å². The van der Waals surface area contributed by atoms with Gasteiger partial charge >= 0.3 is 0 Å². The minimum absolute atomic E-state index is 0. The molecule has 0 atom stereocenters. The van der Waals surface area contributed by atoms with Crippen molar-refractivity contribution in [3.05, 3.63) is 46.8 Å². The molecule has 58 valence electrons. The van der Waals surface area contributed by atoms with Crippen molar-refractivity contribution in [2.24, 2.45) is 0 Å². The standard InChI is InChI=1S/2C3H4N2.Zn/c2*4-2-1-3-5;/h2*1-4H;/q2*-2;/b2*2-1-;. The largest absolute Gasteiger partial charge is 0.811 e. The van der Waals surface area contributed by atoms with Crippen LogP contribution < -0.4 is 0 Å². The van der Waals surface area contributed by atoms with Gasteiger partial charge in [-0.1, -0.05) is 0 Å². The predicted octanol–water partition coefficient (Wildman–Crippen LogP) is 2.38. The van der Waals surface area contributed by atoms with E-state index in [1.54, 1.807) is 0 Å². The summed E-state index contributed by atoms with van der Waals surface area (Å²) in [6.07, 6.45) is 6.07. The van der Waals surface area contributed by atoms with E-state index in [4.69, 9.17) is 22.3 Å². The first-order valence-electron chi connectivity index (χ1n) is 2.43. The molecule has 0 saturated carbocycles. The van der Waals surface area contributed by atoms with Gasteiger partial charge in [0.05, 0.1) is 0 Å². The molecule has 0 aliphatic carbocycles. The molecule has 0 spiro atoms. The maximum absolute atomic E-state index is 7.73. The summed E-state index contributed by atoms with van der Waals surface area (Å²) < 4.78 is 0. The molecule has 0 radical (unpaired) electrons. The van der Waals surface area contributed by atoms with E-state index in [0.717, 1.165) is 24.8 Å². The van der Waals surface area contributed by atoms with E-state index in [1.165, 1.54) is 12.2 Å². The third-order valence-corrected chi connectivity index (χ3v) is 0.365. The van der Waals surface area contributed by atoms with Crippen LogP contribution in [0.4, 0.5) is 0 Å². The van der Waals surface area contributed by atoms with Gasteiger partial charge in [-0.25, -0.2) is 0 Å². The first kappa shape index (κ1) is 16.6. The Morgan fingerprint density at radius 3 is 1.09 bits per heavy atom. The Morgan fingerprint density at radius 2 is 1.09 bits per heavy atom. The van der Waals surface area contributed by atoms with Crippen molar-refractivity contribution >= 4 is 12.4 Å². The second kappa shape index (κ2) is 23.0. The molecule has 0 aromatic rings. The number of hydrogen-bond donors (Lipinski definition) is 0. The zero-order valence-corrected chi connectivity index (χ0v) is 9.03. The van der Waals surface area contributed by atoms with Crippen LogP contribution in [-0.4, -0.2) is 12.4 Å². The molecule has 0 bridgehead atoms. The summed E-state index contributed by atoms with van der Waals surface area (Å²) in [6.45, 7) is 0. The zero-order valence-electron chi connectivity index (χ0n) is 6.07. The smallest absolute Gasteiger partial charge is 0 e. The predicted molar refractivity (Wildman–Crippen MR) is 45.8 cm³/mol. The Hall–Kier alpha value is -0.957. The minimum atomic E-state index is 0. The molecular formula is C6H8N4Zn-4. The fraction of sp³-hybridized carbons (Fsp3) is 0. The van der Waals surface area contributed by atoms with Gasteiger partial charge in [-0.15, -0.1) is 12.2 Å². The van der Waals surface area contributed by atoms with Crippen LogP contribution in [0, 0.1) is 0 Å². The normalized spacial score (nSPS) is 8.00. The molecule has 0 aliphatic rings. The van der Waals surface area contributed by atoms with Gasteiger partial charge in [-0.2, -0.15) is 24.8 Å². The third kappa shape index (κ3) is 48.4. The Balaban J connectivity index is -0.000000107. The Kier molecular flexibility index (Phi) is 34.6. The Morgan fingerprint density at radius 1 is 0.818 bits per heavy atom. The van der Waals surface area contributed by atoms with Gasteiger partial charge in [0, 0.05) is 19.5 Å². The van der Waals surface area contributed by atoms with Gasteiger partial charge < -0.3 is 22.3 Å². The number of hydrogen-bond acceptors (Lipinski definition) is 0. The molecule has 0 rings (SSSR count). The van der Waals surface area contributed by atoms with Gasteiger partial charge in [0.25, 0.3) is 0 Å². The zero-order chi connectivity index (χ0) is 8.24. The van der Waals surface area contributed by atoms with E-state index in [-0.39, 0.29) is 19.5 Å². The summed E-state index contributed by atoms with van der Waals surface area (Å²) in [5.41, 5.74) is 12.5. The quantitative estimate of drug-likeness (QED) is 0.485. The fourth-order valence-corrected chi connectivity index (χ4v) is 0.0861. The molecule has 0 saturated heterocycles. The number of allylic oxidation sites excluding steroid dienone is 2. The van der Waals surface area contributed by atoms with Crippen LogP contribution in [0.15, 0.2) is 24.6 Å². The van der Waals surface area contributed by atoms with Gasteiger partial charge in [0.1, 0.15) is 0 Å². The van der Waals surface area contributed by atoms with Crippen molar-refractivity contribution in [3.8, 4) is 0 Å². The SMILES string of the molecule is [N-]=C/C=C\[NH-].[N-]=C/C=C\[NH-].[Zn]. The van der Waals surface area contributed by atoms with Gasteiger partial charge in [-0.3, -0.25) is 0 Å². The molecule has 0 fully saturated rings. The van der Waals surface area contributed by atoms with E-state index < -0.39 is 0 Å². The molecule has 0 aromatic carbocycles. The van der Waals surface area contributed by atoms with Crippen LogP contribution in [0.3, 0.4) is 0 Å². The molecule has 0 unspecified atom stereocenters. The molecule has 0 amide bonds. The molecule has 11 heavy (non-hydrogen) atoms. The number of nitrogens with one attached hydrogen (secondary N) is 2. The molecule has 0 aliphatic heterocycles. The average molecular weight is 202 g/mol. The van der Waals surface area contributed by atoms with Crippen LogP contribution in [0.2, 0.25) is 0 Å². The summed E-state index contributed by atoms with van der Waals surface area (Å²) in [6, 6.07) is 0. The second-order valence-corrected chi connectivity index (χ2v) is 1.02. The summed E-state index contributed by atoms with van der Waals surface area (Å²) >= 11 is 0. The summed E-state index contributed by atoms with van der Waals surface area (Å²) in [7, 11) is 0. The summed E-state index contributed by atoms with van der Waals surface area (Å²) in [4.78, 5) is 0. The summed E-state index contributed by atoms with van der Waals surface area (Å²) in [5, 5.41) is 15.5. The minimum Gasteiger partial charge on any atom is -0.811 e. The summed E-state index contributed by atoms with van der Waals surface area (Å²) in [5.74, 6) is 0. The van der Waals surface area contributed by atoms with E-state index in [9.17, 15) is 0 Å². The van der Waals surface area contributed by atoms with Gasteiger partial charge in [-0.05, 0) is 0 Å².